The van der Waals surface area contributed by atoms with Gasteiger partial charge in [-0.1, -0.05) is 13.8 Å². The van der Waals surface area contributed by atoms with Gasteiger partial charge in [0, 0.05) is 5.56 Å². The largest absolute Gasteiger partial charge is 0.388 e. The first-order chi connectivity index (χ1) is 7.33. The molecule has 1 fully saturated rings. The SMILES string of the molecule is Cc1cc(F)c(C(O)C2CC2(C)C)cc1F. The zero-order valence-electron chi connectivity index (χ0n) is 9.72. The van der Waals surface area contributed by atoms with Gasteiger partial charge in [-0.2, -0.15) is 0 Å². The Balaban J connectivity index is 2.31. The Morgan fingerprint density at radius 1 is 1.31 bits per heavy atom. The number of rotatable bonds is 2. The highest BCUT2D eigenvalue weighted by molar-refractivity contribution is 5.28. The summed E-state index contributed by atoms with van der Waals surface area (Å²) in [6.45, 7) is 5.54. The predicted molar refractivity (Wildman–Crippen MR) is 57.9 cm³/mol. The van der Waals surface area contributed by atoms with E-state index in [0.717, 1.165) is 18.6 Å². The molecular formula is C13H16F2O. The number of aryl methyl sites for hydroxylation is 1. The highest BCUT2D eigenvalue weighted by Crippen LogP contribution is 2.57. The molecule has 1 saturated carbocycles. The Hall–Kier alpha value is -0.960. The Morgan fingerprint density at radius 2 is 1.88 bits per heavy atom. The van der Waals surface area contributed by atoms with E-state index >= 15 is 0 Å². The maximum absolute atomic E-state index is 13.6. The zero-order valence-corrected chi connectivity index (χ0v) is 9.72. The van der Waals surface area contributed by atoms with Gasteiger partial charge in [-0.15, -0.1) is 0 Å². The van der Waals surface area contributed by atoms with Crippen molar-refractivity contribution in [2.24, 2.45) is 11.3 Å². The fourth-order valence-corrected chi connectivity index (χ4v) is 2.15. The van der Waals surface area contributed by atoms with Crippen LogP contribution in [0.3, 0.4) is 0 Å². The molecule has 3 heteroatoms. The summed E-state index contributed by atoms with van der Waals surface area (Å²) in [5, 5.41) is 9.99. The van der Waals surface area contributed by atoms with E-state index in [-0.39, 0.29) is 22.5 Å². The number of hydrogen-bond acceptors (Lipinski definition) is 1. The molecule has 0 spiro atoms. The summed E-state index contributed by atoms with van der Waals surface area (Å²) in [4.78, 5) is 0. The molecule has 0 heterocycles. The van der Waals surface area contributed by atoms with Gasteiger partial charge in [0.15, 0.2) is 0 Å². The second-order valence-corrected chi connectivity index (χ2v) is 5.37. The van der Waals surface area contributed by atoms with Crippen LogP contribution in [0.15, 0.2) is 12.1 Å². The smallest absolute Gasteiger partial charge is 0.129 e. The van der Waals surface area contributed by atoms with Crippen molar-refractivity contribution in [3.05, 3.63) is 34.9 Å². The normalized spacial score (nSPS) is 24.2. The molecule has 0 saturated heterocycles. The Morgan fingerprint density at radius 3 is 2.38 bits per heavy atom. The van der Waals surface area contributed by atoms with Crippen LogP contribution in [0.2, 0.25) is 0 Å². The van der Waals surface area contributed by atoms with Crippen LogP contribution in [0.4, 0.5) is 8.78 Å². The lowest BCUT2D eigenvalue weighted by Crippen LogP contribution is -2.08. The van der Waals surface area contributed by atoms with Crippen LogP contribution in [-0.4, -0.2) is 5.11 Å². The van der Waals surface area contributed by atoms with Crippen LogP contribution < -0.4 is 0 Å². The summed E-state index contributed by atoms with van der Waals surface area (Å²) in [6, 6.07) is 2.26. The predicted octanol–water partition coefficient (Wildman–Crippen LogP) is 3.35. The summed E-state index contributed by atoms with van der Waals surface area (Å²) in [5.74, 6) is -0.952. The van der Waals surface area contributed by atoms with Gasteiger partial charge >= 0.3 is 0 Å². The first kappa shape index (κ1) is 11.5. The van der Waals surface area contributed by atoms with E-state index in [1.807, 2.05) is 13.8 Å². The van der Waals surface area contributed by atoms with Gasteiger partial charge in [-0.05, 0) is 42.4 Å². The summed E-state index contributed by atoms with van der Waals surface area (Å²) in [5.41, 5.74) is 0.384. The molecule has 1 nitrogen and oxygen atoms in total. The molecule has 1 aromatic rings. The van der Waals surface area contributed by atoms with Gasteiger partial charge in [-0.3, -0.25) is 0 Å². The minimum absolute atomic E-state index is 0.0316. The van der Waals surface area contributed by atoms with Crippen molar-refractivity contribution in [1.82, 2.24) is 0 Å². The third-order valence-corrected chi connectivity index (χ3v) is 3.57. The van der Waals surface area contributed by atoms with Crippen molar-refractivity contribution in [1.29, 1.82) is 0 Å². The number of halogens is 2. The maximum Gasteiger partial charge on any atom is 0.129 e. The molecule has 1 N–H and O–H groups in total. The van der Waals surface area contributed by atoms with Crippen LogP contribution in [-0.2, 0) is 0 Å². The fourth-order valence-electron chi connectivity index (χ4n) is 2.15. The quantitative estimate of drug-likeness (QED) is 0.819. The monoisotopic (exact) mass is 226 g/mol. The van der Waals surface area contributed by atoms with Gasteiger partial charge in [0.2, 0.25) is 0 Å². The minimum atomic E-state index is -0.898. The number of aliphatic hydroxyl groups is 1. The lowest BCUT2D eigenvalue weighted by atomic mass is 9.98. The average molecular weight is 226 g/mol. The number of hydrogen-bond donors (Lipinski definition) is 1. The van der Waals surface area contributed by atoms with Crippen LogP contribution in [0.25, 0.3) is 0 Å². The molecule has 0 radical (unpaired) electrons. The lowest BCUT2D eigenvalue weighted by Gasteiger charge is -2.14. The van der Waals surface area contributed by atoms with E-state index in [4.69, 9.17) is 0 Å². The topological polar surface area (TPSA) is 20.2 Å². The summed E-state index contributed by atoms with van der Waals surface area (Å²) < 4.78 is 26.9. The zero-order chi connectivity index (χ0) is 12.1. The van der Waals surface area contributed by atoms with Crippen molar-refractivity contribution in [2.75, 3.05) is 0 Å². The third kappa shape index (κ3) is 1.84. The van der Waals surface area contributed by atoms with Gasteiger partial charge in [0.25, 0.3) is 0 Å². The van der Waals surface area contributed by atoms with Crippen LogP contribution in [0.5, 0.6) is 0 Å². The fraction of sp³-hybridized carbons (Fsp3) is 0.538. The standard InChI is InChI=1S/C13H16F2O/c1-7-4-11(15)8(5-10(7)14)12(16)9-6-13(9,2)3/h4-5,9,12,16H,6H2,1-3H3. The first-order valence-corrected chi connectivity index (χ1v) is 5.46. The summed E-state index contributed by atoms with van der Waals surface area (Å²) >= 11 is 0. The molecule has 2 atom stereocenters. The number of benzene rings is 1. The Bertz CT molecular complexity index is 426. The van der Waals surface area contributed by atoms with Gasteiger partial charge < -0.3 is 5.11 Å². The van der Waals surface area contributed by atoms with Crippen LogP contribution in [0, 0.1) is 29.9 Å². The highest BCUT2D eigenvalue weighted by Gasteiger charge is 2.50. The molecule has 88 valence electrons. The number of aliphatic hydroxyl groups excluding tert-OH is 1. The van der Waals surface area contributed by atoms with E-state index in [1.54, 1.807) is 0 Å². The molecule has 2 rings (SSSR count). The second-order valence-electron chi connectivity index (χ2n) is 5.37. The minimum Gasteiger partial charge on any atom is -0.388 e. The van der Waals surface area contributed by atoms with E-state index in [2.05, 4.69) is 0 Å². The molecule has 0 bridgehead atoms. The van der Waals surface area contributed by atoms with Crippen molar-refractivity contribution in [2.45, 2.75) is 33.3 Å². The Labute approximate surface area is 94.1 Å². The molecule has 1 aromatic carbocycles. The molecule has 1 aliphatic carbocycles. The van der Waals surface area contributed by atoms with Crippen LogP contribution in [0.1, 0.15) is 37.5 Å². The second kappa shape index (κ2) is 3.52. The molecule has 0 aliphatic heterocycles. The molecular weight excluding hydrogens is 210 g/mol. The van der Waals surface area contributed by atoms with Crippen molar-refractivity contribution in [3.63, 3.8) is 0 Å². The molecule has 0 aromatic heterocycles. The molecule has 1 aliphatic rings. The van der Waals surface area contributed by atoms with E-state index in [0.29, 0.717) is 0 Å². The molecule has 0 amide bonds. The third-order valence-electron chi connectivity index (χ3n) is 3.57. The summed E-state index contributed by atoms with van der Waals surface area (Å²) in [7, 11) is 0. The van der Waals surface area contributed by atoms with Gasteiger partial charge in [0.1, 0.15) is 11.6 Å². The highest BCUT2D eigenvalue weighted by atomic mass is 19.1. The molecule has 16 heavy (non-hydrogen) atoms. The van der Waals surface area contributed by atoms with Crippen molar-refractivity contribution < 1.29 is 13.9 Å². The maximum atomic E-state index is 13.6. The van der Waals surface area contributed by atoms with Crippen LogP contribution >= 0.6 is 0 Å². The van der Waals surface area contributed by atoms with E-state index in [1.165, 1.54) is 6.92 Å². The Kier molecular flexibility index (Phi) is 2.54. The first-order valence-electron chi connectivity index (χ1n) is 5.46. The van der Waals surface area contributed by atoms with E-state index < -0.39 is 17.7 Å². The lowest BCUT2D eigenvalue weighted by molar-refractivity contribution is 0.134. The van der Waals surface area contributed by atoms with E-state index in [9.17, 15) is 13.9 Å². The van der Waals surface area contributed by atoms with Gasteiger partial charge in [-0.25, -0.2) is 8.78 Å². The van der Waals surface area contributed by atoms with Crippen molar-refractivity contribution in [3.8, 4) is 0 Å². The average Bonchev–Trinajstić information content (AvgIpc) is 2.80. The van der Waals surface area contributed by atoms with Crippen molar-refractivity contribution >= 4 is 0 Å². The molecule has 2 unspecified atom stereocenters. The summed E-state index contributed by atoms with van der Waals surface area (Å²) in [6.07, 6.45) is -0.0478. The van der Waals surface area contributed by atoms with Gasteiger partial charge in [0.05, 0.1) is 6.10 Å².